The van der Waals surface area contributed by atoms with Gasteiger partial charge in [0.25, 0.3) is 0 Å². The minimum absolute atomic E-state index is 0.0107. The Morgan fingerprint density at radius 3 is 2.56 bits per heavy atom. The van der Waals surface area contributed by atoms with Gasteiger partial charge in [0, 0.05) is 24.5 Å². The predicted molar refractivity (Wildman–Crippen MR) is 101 cm³/mol. The SMILES string of the molecule is COc1ccccc1CCNC(=O)CCNc1cc(Cl)ccc1OC. The fourth-order valence-corrected chi connectivity index (χ4v) is 2.64. The van der Waals surface area contributed by atoms with Gasteiger partial charge in [-0.05, 0) is 36.2 Å². The van der Waals surface area contributed by atoms with Gasteiger partial charge in [0.1, 0.15) is 11.5 Å². The Balaban J connectivity index is 1.73. The topological polar surface area (TPSA) is 59.6 Å². The third kappa shape index (κ3) is 5.87. The lowest BCUT2D eigenvalue weighted by Crippen LogP contribution is -2.27. The first kappa shape index (κ1) is 18.9. The van der Waals surface area contributed by atoms with Crippen molar-refractivity contribution in [2.75, 3.05) is 32.6 Å². The molecule has 0 saturated heterocycles. The van der Waals surface area contributed by atoms with E-state index in [9.17, 15) is 4.79 Å². The molecule has 6 heteroatoms. The number of rotatable bonds is 9. The molecule has 0 heterocycles. The molecule has 0 aliphatic carbocycles. The molecule has 2 rings (SSSR count). The summed E-state index contributed by atoms with van der Waals surface area (Å²) in [4.78, 5) is 12.0. The third-order valence-electron chi connectivity index (χ3n) is 3.74. The predicted octanol–water partition coefficient (Wildman–Crippen LogP) is 3.52. The van der Waals surface area contributed by atoms with Gasteiger partial charge >= 0.3 is 0 Å². The largest absolute Gasteiger partial charge is 0.496 e. The second-order valence-corrected chi connectivity index (χ2v) is 5.87. The van der Waals surface area contributed by atoms with Crippen LogP contribution in [0.2, 0.25) is 5.02 Å². The Morgan fingerprint density at radius 1 is 1.04 bits per heavy atom. The van der Waals surface area contributed by atoms with Crippen molar-refractivity contribution in [3.63, 3.8) is 0 Å². The van der Waals surface area contributed by atoms with Crippen molar-refractivity contribution in [1.82, 2.24) is 5.32 Å². The number of hydrogen-bond donors (Lipinski definition) is 2. The van der Waals surface area contributed by atoms with E-state index in [1.54, 1.807) is 32.4 Å². The molecule has 0 aromatic heterocycles. The summed E-state index contributed by atoms with van der Waals surface area (Å²) >= 11 is 5.98. The molecule has 0 aliphatic heterocycles. The molecule has 0 fully saturated rings. The molecule has 0 spiro atoms. The van der Waals surface area contributed by atoms with Crippen molar-refractivity contribution < 1.29 is 14.3 Å². The first-order valence-electron chi connectivity index (χ1n) is 8.10. The highest BCUT2D eigenvalue weighted by Crippen LogP contribution is 2.27. The van der Waals surface area contributed by atoms with E-state index >= 15 is 0 Å². The first-order chi connectivity index (χ1) is 12.1. The number of ether oxygens (including phenoxy) is 2. The van der Waals surface area contributed by atoms with Gasteiger partial charge in [0.15, 0.2) is 0 Å². The molecule has 2 N–H and O–H groups in total. The van der Waals surface area contributed by atoms with Gasteiger partial charge < -0.3 is 20.1 Å². The summed E-state index contributed by atoms with van der Waals surface area (Å²) < 4.78 is 10.6. The Kier molecular flexibility index (Phi) is 7.41. The van der Waals surface area contributed by atoms with Crippen LogP contribution in [-0.2, 0) is 11.2 Å². The van der Waals surface area contributed by atoms with Crippen molar-refractivity contribution in [3.05, 3.63) is 53.1 Å². The van der Waals surface area contributed by atoms with Gasteiger partial charge in [-0.15, -0.1) is 0 Å². The minimum Gasteiger partial charge on any atom is -0.496 e. The number of hydrogen-bond acceptors (Lipinski definition) is 4. The van der Waals surface area contributed by atoms with Crippen LogP contribution in [0, 0.1) is 0 Å². The zero-order chi connectivity index (χ0) is 18.1. The summed E-state index contributed by atoms with van der Waals surface area (Å²) in [6.45, 7) is 1.07. The molecule has 2 aromatic carbocycles. The maximum atomic E-state index is 12.0. The first-order valence-corrected chi connectivity index (χ1v) is 8.48. The van der Waals surface area contributed by atoms with E-state index in [1.807, 2.05) is 24.3 Å². The Bertz CT molecular complexity index is 707. The van der Waals surface area contributed by atoms with E-state index in [0.717, 1.165) is 23.4 Å². The molecule has 0 atom stereocenters. The van der Waals surface area contributed by atoms with Crippen LogP contribution < -0.4 is 20.1 Å². The molecule has 134 valence electrons. The summed E-state index contributed by atoms with van der Waals surface area (Å²) in [6.07, 6.45) is 1.09. The summed E-state index contributed by atoms with van der Waals surface area (Å²) in [6, 6.07) is 13.1. The van der Waals surface area contributed by atoms with E-state index in [1.165, 1.54) is 0 Å². The number of methoxy groups -OCH3 is 2. The van der Waals surface area contributed by atoms with Gasteiger partial charge in [-0.25, -0.2) is 0 Å². The molecule has 0 radical (unpaired) electrons. The molecule has 0 aliphatic rings. The highest BCUT2D eigenvalue weighted by Gasteiger charge is 2.06. The van der Waals surface area contributed by atoms with E-state index < -0.39 is 0 Å². The van der Waals surface area contributed by atoms with E-state index in [2.05, 4.69) is 10.6 Å². The lowest BCUT2D eigenvalue weighted by atomic mass is 10.1. The van der Waals surface area contributed by atoms with Crippen LogP contribution in [0.1, 0.15) is 12.0 Å². The van der Waals surface area contributed by atoms with Crippen LogP contribution >= 0.6 is 11.6 Å². The second-order valence-electron chi connectivity index (χ2n) is 5.43. The van der Waals surface area contributed by atoms with E-state index in [0.29, 0.717) is 30.3 Å². The number of anilines is 1. The number of amides is 1. The lowest BCUT2D eigenvalue weighted by molar-refractivity contribution is -0.120. The fraction of sp³-hybridized carbons (Fsp3) is 0.316. The third-order valence-corrected chi connectivity index (χ3v) is 3.97. The summed E-state index contributed by atoms with van der Waals surface area (Å²) in [7, 11) is 3.24. The molecule has 0 bridgehead atoms. The smallest absolute Gasteiger partial charge is 0.221 e. The number of benzene rings is 2. The maximum Gasteiger partial charge on any atom is 0.221 e. The summed E-state index contributed by atoms with van der Waals surface area (Å²) in [5.41, 5.74) is 1.85. The zero-order valence-electron chi connectivity index (χ0n) is 14.5. The summed E-state index contributed by atoms with van der Waals surface area (Å²) in [5.74, 6) is 1.52. The molecular weight excluding hydrogens is 340 g/mol. The average molecular weight is 363 g/mol. The van der Waals surface area contributed by atoms with E-state index in [-0.39, 0.29) is 5.91 Å². The van der Waals surface area contributed by atoms with Crippen molar-refractivity contribution in [3.8, 4) is 11.5 Å². The van der Waals surface area contributed by atoms with Crippen LogP contribution in [0.5, 0.6) is 11.5 Å². The van der Waals surface area contributed by atoms with Gasteiger partial charge in [-0.2, -0.15) is 0 Å². The van der Waals surface area contributed by atoms with Gasteiger partial charge in [-0.3, -0.25) is 4.79 Å². The Morgan fingerprint density at radius 2 is 1.80 bits per heavy atom. The molecule has 0 unspecified atom stereocenters. The number of carbonyl (C=O) groups is 1. The zero-order valence-corrected chi connectivity index (χ0v) is 15.2. The van der Waals surface area contributed by atoms with Gasteiger partial charge in [0.05, 0.1) is 19.9 Å². The molecule has 25 heavy (non-hydrogen) atoms. The van der Waals surface area contributed by atoms with E-state index in [4.69, 9.17) is 21.1 Å². The van der Waals surface area contributed by atoms with Gasteiger partial charge in [-0.1, -0.05) is 29.8 Å². The standard InChI is InChI=1S/C19H23ClN2O3/c1-24-17-6-4-3-5-14(17)9-11-22-19(23)10-12-21-16-13-15(20)7-8-18(16)25-2/h3-8,13,21H,9-12H2,1-2H3,(H,22,23). The van der Waals surface area contributed by atoms with Crippen molar-refractivity contribution in [2.45, 2.75) is 12.8 Å². The molecule has 2 aromatic rings. The Hall–Kier alpha value is -2.40. The molecule has 5 nitrogen and oxygen atoms in total. The number of halogens is 1. The molecular formula is C19H23ClN2O3. The quantitative estimate of drug-likeness (QED) is 0.716. The highest BCUT2D eigenvalue weighted by atomic mass is 35.5. The van der Waals surface area contributed by atoms with Crippen molar-refractivity contribution >= 4 is 23.2 Å². The van der Waals surface area contributed by atoms with Gasteiger partial charge in [0.2, 0.25) is 5.91 Å². The average Bonchev–Trinajstić information content (AvgIpc) is 2.62. The fourth-order valence-electron chi connectivity index (χ4n) is 2.46. The van der Waals surface area contributed by atoms with Crippen LogP contribution in [0.25, 0.3) is 0 Å². The monoisotopic (exact) mass is 362 g/mol. The van der Waals surface area contributed by atoms with Crippen molar-refractivity contribution in [1.29, 1.82) is 0 Å². The van der Waals surface area contributed by atoms with Crippen LogP contribution in [0.4, 0.5) is 5.69 Å². The number of nitrogens with one attached hydrogen (secondary N) is 2. The second kappa shape index (κ2) is 9.79. The minimum atomic E-state index is -0.0107. The molecule has 0 saturated carbocycles. The summed E-state index contributed by atoms with van der Waals surface area (Å²) in [5, 5.41) is 6.70. The number of para-hydroxylation sites is 1. The molecule has 1 amide bonds. The van der Waals surface area contributed by atoms with Crippen molar-refractivity contribution in [2.24, 2.45) is 0 Å². The highest BCUT2D eigenvalue weighted by molar-refractivity contribution is 6.30. The van der Waals surface area contributed by atoms with Crippen LogP contribution in [0.15, 0.2) is 42.5 Å². The number of carbonyl (C=O) groups excluding carboxylic acids is 1. The van der Waals surface area contributed by atoms with Crippen LogP contribution in [0.3, 0.4) is 0 Å². The normalized spacial score (nSPS) is 10.2. The Labute approximate surface area is 153 Å². The maximum absolute atomic E-state index is 12.0. The lowest BCUT2D eigenvalue weighted by Gasteiger charge is -2.12. The van der Waals surface area contributed by atoms with Crippen LogP contribution in [-0.4, -0.2) is 33.2 Å².